The van der Waals surface area contributed by atoms with Gasteiger partial charge in [-0.3, -0.25) is 9.78 Å². The van der Waals surface area contributed by atoms with Gasteiger partial charge in [-0.2, -0.15) is 5.10 Å². The standard InChI is InChI=1S/C19H14ClFN4O3/c20-11-2-1-3-13(8-11)25-18(27)16(17(26)22-19(25)28)15-9-14(23-24-15)10-4-6-12(21)7-5-10/h1-8,14,23,27H,9H2,(H,22,26,28). The highest BCUT2D eigenvalue weighted by Gasteiger charge is 2.27. The van der Waals surface area contributed by atoms with E-state index in [0.717, 1.165) is 10.1 Å². The van der Waals surface area contributed by atoms with Gasteiger partial charge in [0.1, 0.15) is 11.4 Å². The highest BCUT2D eigenvalue weighted by Crippen LogP contribution is 2.27. The van der Waals surface area contributed by atoms with Gasteiger partial charge < -0.3 is 10.5 Å². The predicted octanol–water partition coefficient (Wildman–Crippen LogP) is 2.46. The molecule has 142 valence electrons. The second-order valence-corrected chi connectivity index (χ2v) is 6.71. The van der Waals surface area contributed by atoms with Crippen LogP contribution in [0.25, 0.3) is 5.69 Å². The maximum atomic E-state index is 13.1. The molecule has 4 rings (SSSR count). The number of hydrazone groups is 1. The van der Waals surface area contributed by atoms with Gasteiger partial charge >= 0.3 is 5.69 Å². The first-order valence-electron chi connectivity index (χ1n) is 8.36. The minimum Gasteiger partial charge on any atom is -0.493 e. The molecule has 2 aromatic carbocycles. The number of H-pyrrole nitrogens is 1. The number of nitrogens with zero attached hydrogens (tertiary/aromatic N) is 2. The molecule has 1 atom stereocenters. The third-order valence-electron chi connectivity index (χ3n) is 4.47. The molecule has 0 saturated carbocycles. The Bertz CT molecular complexity index is 1200. The van der Waals surface area contributed by atoms with Crippen molar-refractivity contribution in [2.24, 2.45) is 5.10 Å². The smallest absolute Gasteiger partial charge is 0.335 e. The van der Waals surface area contributed by atoms with Crippen molar-refractivity contribution in [2.45, 2.75) is 12.5 Å². The van der Waals surface area contributed by atoms with Crippen molar-refractivity contribution >= 4 is 17.3 Å². The van der Waals surface area contributed by atoms with Crippen LogP contribution in [0.15, 0.2) is 63.2 Å². The first-order chi connectivity index (χ1) is 13.4. The SMILES string of the molecule is O=c1[nH]c(=O)n(-c2cccc(Cl)c2)c(O)c1C1=NNC(c2ccc(F)cc2)C1. The van der Waals surface area contributed by atoms with Crippen molar-refractivity contribution in [1.82, 2.24) is 15.0 Å². The molecule has 1 aliphatic heterocycles. The molecule has 0 radical (unpaired) electrons. The summed E-state index contributed by atoms with van der Waals surface area (Å²) in [5.74, 6) is -0.887. The second kappa shape index (κ2) is 6.97. The van der Waals surface area contributed by atoms with E-state index in [-0.39, 0.29) is 29.6 Å². The van der Waals surface area contributed by atoms with Crippen LogP contribution in [-0.2, 0) is 0 Å². The van der Waals surface area contributed by atoms with E-state index in [4.69, 9.17) is 11.6 Å². The van der Waals surface area contributed by atoms with E-state index in [2.05, 4.69) is 15.5 Å². The number of benzene rings is 2. The molecule has 7 nitrogen and oxygen atoms in total. The van der Waals surface area contributed by atoms with E-state index in [1.807, 2.05) is 0 Å². The molecule has 0 aliphatic carbocycles. The number of hydrogen-bond acceptors (Lipinski definition) is 5. The lowest BCUT2D eigenvalue weighted by Gasteiger charge is -2.12. The predicted molar refractivity (Wildman–Crippen MR) is 103 cm³/mol. The number of hydrogen-bond donors (Lipinski definition) is 3. The number of halogens is 2. The molecule has 0 bridgehead atoms. The summed E-state index contributed by atoms with van der Waals surface area (Å²) in [5, 5.41) is 15.2. The zero-order chi connectivity index (χ0) is 19.8. The van der Waals surface area contributed by atoms with Crippen LogP contribution in [0.2, 0.25) is 5.02 Å². The summed E-state index contributed by atoms with van der Waals surface area (Å²) in [6, 6.07) is 11.9. The molecule has 2 heterocycles. The zero-order valence-electron chi connectivity index (χ0n) is 14.3. The average molecular weight is 401 g/mol. The molecular formula is C19H14ClFN4O3. The van der Waals surface area contributed by atoms with Gasteiger partial charge in [-0.1, -0.05) is 29.8 Å². The van der Waals surface area contributed by atoms with Gasteiger partial charge in [0, 0.05) is 11.4 Å². The summed E-state index contributed by atoms with van der Waals surface area (Å²) in [7, 11) is 0. The second-order valence-electron chi connectivity index (χ2n) is 6.27. The molecule has 0 amide bonds. The summed E-state index contributed by atoms with van der Waals surface area (Å²) < 4.78 is 14.1. The first-order valence-corrected chi connectivity index (χ1v) is 8.74. The summed E-state index contributed by atoms with van der Waals surface area (Å²) in [6.45, 7) is 0. The molecule has 0 fully saturated rings. The van der Waals surface area contributed by atoms with E-state index in [9.17, 15) is 19.1 Å². The number of aromatic nitrogens is 2. The van der Waals surface area contributed by atoms with E-state index < -0.39 is 17.1 Å². The molecule has 0 spiro atoms. The van der Waals surface area contributed by atoms with Crippen LogP contribution in [0, 0.1) is 5.82 Å². The van der Waals surface area contributed by atoms with Gasteiger partial charge in [-0.15, -0.1) is 0 Å². The fourth-order valence-corrected chi connectivity index (χ4v) is 3.31. The van der Waals surface area contributed by atoms with Crippen molar-refractivity contribution in [3.63, 3.8) is 0 Å². The molecule has 1 aromatic heterocycles. The zero-order valence-corrected chi connectivity index (χ0v) is 15.1. The van der Waals surface area contributed by atoms with Gasteiger partial charge in [0.15, 0.2) is 0 Å². The Morgan fingerprint density at radius 2 is 1.93 bits per heavy atom. The molecular weight excluding hydrogens is 387 g/mol. The molecule has 9 heteroatoms. The average Bonchev–Trinajstić information content (AvgIpc) is 3.11. The van der Waals surface area contributed by atoms with Crippen LogP contribution in [0.3, 0.4) is 0 Å². The molecule has 3 N–H and O–H groups in total. The van der Waals surface area contributed by atoms with Crippen LogP contribution in [0.1, 0.15) is 23.6 Å². The Labute approximate surface area is 162 Å². The minimum absolute atomic E-state index is 0.114. The third kappa shape index (κ3) is 3.18. The lowest BCUT2D eigenvalue weighted by atomic mass is 10.00. The summed E-state index contributed by atoms with van der Waals surface area (Å²) in [5.41, 5.74) is 2.57. The molecule has 28 heavy (non-hydrogen) atoms. The Balaban J connectivity index is 1.75. The number of nitrogens with one attached hydrogen (secondary N) is 2. The summed E-state index contributed by atoms with van der Waals surface area (Å²) >= 11 is 5.97. The molecule has 1 aliphatic rings. The highest BCUT2D eigenvalue weighted by atomic mass is 35.5. The maximum Gasteiger partial charge on any atom is 0.335 e. The van der Waals surface area contributed by atoms with E-state index in [0.29, 0.717) is 10.7 Å². The fourth-order valence-electron chi connectivity index (χ4n) is 3.13. The lowest BCUT2D eigenvalue weighted by molar-refractivity contribution is 0.429. The monoisotopic (exact) mass is 400 g/mol. The quantitative estimate of drug-likeness (QED) is 0.628. The van der Waals surface area contributed by atoms with Crippen molar-refractivity contribution in [3.05, 3.63) is 91.3 Å². The van der Waals surface area contributed by atoms with Crippen LogP contribution < -0.4 is 16.7 Å². The lowest BCUT2D eigenvalue weighted by Crippen LogP contribution is -2.33. The van der Waals surface area contributed by atoms with Crippen molar-refractivity contribution in [1.29, 1.82) is 0 Å². The van der Waals surface area contributed by atoms with Crippen LogP contribution in [-0.4, -0.2) is 20.4 Å². The third-order valence-corrected chi connectivity index (χ3v) is 4.70. The largest absolute Gasteiger partial charge is 0.493 e. The number of aromatic amines is 1. The number of rotatable bonds is 3. The Morgan fingerprint density at radius 1 is 1.18 bits per heavy atom. The summed E-state index contributed by atoms with van der Waals surface area (Å²) in [6.07, 6.45) is 0.274. The molecule has 1 unspecified atom stereocenters. The van der Waals surface area contributed by atoms with Crippen molar-refractivity contribution in [3.8, 4) is 11.6 Å². The normalized spacial score (nSPS) is 15.9. The molecule has 3 aromatic rings. The van der Waals surface area contributed by atoms with E-state index in [1.165, 1.54) is 18.2 Å². The Morgan fingerprint density at radius 3 is 2.64 bits per heavy atom. The Hall–Kier alpha value is -3.39. The van der Waals surface area contributed by atoms with Gasteiger partial charge in [-0.25, -0.2) is 13.8 Å². The van der Waals surface area contributed by atoms with E-state index >= 15 is 0 Å². The molecule has 0 saturated heterocycles. The summed E-state index contributed by atoms with van der Waals surface area (Å²) in [4.78, 5) is 26.8. The van der Waals surface area contributed by atoms with Gasteiger partial charge in [0.05, 0.1) is 17.4 Å². The van der Waals surface area contributed by atoms with Crippen molar-refractivity contribution < 1.29 is 9.50 Å². The van der Waals surface area contributed by atoms with Gasteiger partial charge in [-0.05, 0) is 35.9 Å². The van der Waals surface area contributed by atoms with Gasteiger partial charge in [0.25, 0.3) is 5.56 Å². The fraction of sp³-hybridized carbons (Fsp3) is 0.105. The van der Waals surface area contributed by atoms with Crippen LogP contribution in [0.5, 0.6) is 5.88 Å². The van der Waals surface area contributed by atoms with Crippen LogP contribution >= 0.6 is 11.6 Å². The number of aromatic hydroxyl groups is 1. The first kappa shape index (κ1) is 18.0. The highest BCUT2D eigenvalue weighted by molar-refractivity contribution is 6.30. The maximum absolute atomic E-state index is 13.1. The van der Waals surface area contributed by atoms with Crippen LogP contribution in [0.4, 0.5) is 4.39 Å². The van der Waals surface area contributed by atoms with E-state index in [1.54, 1.807) is 30.3 Å². The Kier molecular flexibility index (Phi) is 4.48. The topological polar surface area (TPSA) is 99.5 Å². The van der Waals surface area contributed by atoms with Gasteiger partial charge in [0.2, 0.25) is 5.88 Å². The minimum atomic E-state index is -0.796. The van der Waals surface area contributed by atoms with Crippen molar-refractivity contribution in [2.75, 3.05) is 0 Å².